The van der Waals surface area contributed by atoms with Gasteiger partial charge < -0.3 is 9.84 Å². The minimum absolute atomic E-state index is 0.0925. The van der Waals surface area contributed by atoms with Crippen LogP contribution in [0.25, 0.3) is 32.9 Å². The van der Waals surface area contributed by atoms with E-state index in [4.69, 9.17) is 9.72 Å². The van der Waals surface area contributed by atoms with E-state index in [1.54, 1.807) is 5.01 Å². The molecule has 2 atom stereocenters. The molecular weight excluding hydrogens is 662 g/mol. The third-order valence-corrected chi connectivity index (χ3v) is 10.3. The number of hydrogen-bond donors (Lipinski definition) is 2. The van der Waals surface area contributed by atoms with Gasteiger partial charge in [0.2, 0.25) is 0 Å². The number of anilines is 1. The molecule has 0 aliphatic carbocycles. The molecule has 5 aromatic rings. The van der Waals surface area contributed by atoms with Crippen molar-refractivity contribution in [2.24, 2.45) is 0 Å². The van der Waals surface area contributed by atoms with Crippen molar-refractivity contribution in [3.05, 3.63) is 83.1 Å². The normalized spacial score (nSPS) is 21.2. The van der Waals surface area contributed by atoms with Crippen molar-refractivity contribution in [1.82, 2.24) is 25.3 Å². The molecule has 260 valence electrons. The highest BCUT2D eigenvalue weighted by Gasteiger charge is 2.50. The second-order valence-electron chi connectivity index (χ2n) is 13.2. The number of fused-ring (bicyclic) bond motifs is 3. The molecule has 2 unspecified atom stereocenters. The molecule has 5 heterocycles. The van der Waals surface area contributed by atoms with Crippen LogP contribution in [0.4, 0.5) is 32.2 Å². The molecule has 8 rings (SSSR count). The van der Waals surface area contributed by atoms with E-state index in [9.17, 15) is 22.7 Å². The lowest BCUT2D eigenvalue weighted by Gasteiger charge is -2.35. The van der Waals surface area contributed by atoms with Crippen LogP contribution in [0.5, 0.6) is 11.8 Å². The number of aromatic hydroxyl groups is 1. The number of aromatic nitrogens is 3. The average Bonchev–Trinajstić information content (AvgIpc) is 3.55. The number of nitrogens with one attached hydrogen (secondary N) is 1. The summed E-state index contributed by atoms with van der Waals surface area (Å²) in [5, 5.41) is 12.4. The van der Waals surface area contributed by atoms with Gasteiger partial charge in [-0.3, -0.25) is 14.9 Å². The van der Waals surface area contributed by atoms with E-state index in [2.05, 4.69) is 20.3 Å². The molecule has 3 aliphatic heterocycles. The Balaban J connectivity index is 1.20. The lowest BCUT2D eigenvalue weighted by Crippen LogP contribution is -2.44. The largest absolute Gasteiger partial charge is 0.508 e. The number of ether oxygens (including phenoxy) is 1. The smallest absolute Gasteiger partial charge is 0.319 e. The van der Waals surface area contributed by atoms with Crippen molar-refractivity contribution in [2.45, 2.75) is 56.5 Å². The summed E-state index contributed by atoms with van der Waals surface area (Å²) in [5.41, 5.74) is 2.46. The van der Waals surface area contributed by atoms with Crippen LogP contribution in [0.2, 0.25) is 0 Å². The van der Waals surface area contributed by atoms with Gasteiger partial charge >= 0.3 is 6.01 Å². The second-order valence-corrected chi connectivity index (χ2v) is 13.2. The Morgan fingerprint density at radius 2 is 1.68 bits per heavy atom. The summed E-state index contributed by atoms with van der Waals surface area (Å²) in [6.07, 6.45) is 6.81. The molecule has 3 saturated heterocycles. The molecule has 50 heavy (non-hydrogen) atoms. The Morgan fingerprint density at radius 3 is 2.50 bits per heavy atom. The van der Waals surface area contributed by atoms with Gasteiger partial charge in [-0.25, -0.2) is 31.8 Å². The highest BCUT2D eigenvalue weighted by molar-refractivity contribution is 6.00. The highest BCUT2D eigenvalue weighted by atomic mass is 19.2. The van der Waals surface area contributed by atoms with Gasteiger partial charge in [0.25, 0.3) is 0 Å². The first-order chi connectivity index (χ1) is 24.1. The van der Waals surface area contributed by atoms with Crippen LogP contribution in [0.1, 0.15) is 56.6 Å². The minimum Gasteiger partial charge on any atom is -0.508 e. The van der Waals surface area contributed by atoms with Crippen LogP contribution >= 0.6 is 0 Å². The van der Waals surface area contributed by atoms with Crippen molar-refractivity contribution < 1.29 is 36.2 Å². The molecule has 2 aromatic heterocycles. The predicted octanol–water partition coefficient (Wildman–Crippen LogP) is 7.63. The quantitative estimate of drug-likeness (QED) is 0.139. The fourth-order valence-electron chi connectivity index (χ4n) is 7.91. The van der Waals surface area contributed by atoms with Gasteiger partial charge in [0.15, 0.2) is 40.7 Å². The van der Waals surface area contributed by atoms with Crippen LogP contribution in [-0.2, 0) is 0 Å². The van der Waals surface area contributed by atoms with Crippen LogP contribution in [0, 0.1) is 34.9 Å². The van der Waals surface area contributed by atoms with Crippen molar-refractivity contribution in [3.8, 4) is 23.0 Å². The summed E-state index contributed by atoms with van der Waals surface area (Å²) in [7, 11) is 0. The number of benzene rings is 3. The Labute approximate surface area is 282 Å². The van der Waals surface area contributed by atoms with Gasteiger partial charge in [-0.15, -0.1) is 0 Å². The number of phenolic OH excluding ortho intramolecular Hbond substituents is 1. The van der Waals surface area contributed by atoms with Gasteiger partial charge in [0.05, 0.1) is 10.9 Å². The van der Waals surface area contributed by atoms with Gasteiger partial charge in [-0.2, -0.15) is 9.97 Å². The third kappa shape index (κ3) is 5.45. The topological polar surface area (TPSA) is 86.6 Å². The van der Waals surface area contributed by atoms with E-state index in [-0.39, 0.29) is 57.3 Å². The van der Waals surface area contributed by atoms with Crippen LogP contribution < -0.4 is 15.2 Å². The zero-order valence-corrected chi connectivity index (χ0v) is 26.8. The van der Waals surface area contributed by atoms with Crippen LogP contribution in [0.3, 0.4) is 0 Å². The Kier molecular flexibility index (Phi) is 8.17. The number of rotatable bonds is 6. The SMILES string of the molecule is Oc1cc(-c2ncc3c(N4CCCCCN4)nc(OCC45CCCN4C(c4cc(F)c(F)c(F)c4)CC5)nc3c2F)c2c(F)c(F)ccc2c1. The zero-order valence-electron chi connectivity index (χ0n) is 26.8. The van der Waals surface area contributed by atoms with Crippen molar-refractivity contribution in [3.63, 3.8) is 0 Å². The predicted molar refractivity (Wildman–Crippen MR) is 173 cm³/mol. The lowest BCUT2D eigenvalue weighted by atomic mass is 9.95. The third-order valence-electron chi connectivity index (χ3n) is 10.3. The molecular formula is C36H32F6N6O2. The molecule has 8 nitrogen and oxygen atoms in total. The Bertz CT molecular complexity index is 2120. The van der Waals surface area contributed by atoms with E-state index in [0.717, 1.165) is 56.4 Å². The Hall–Kier alpha value is -4.69. The van der Waals surface area contributed by atoms with E-state index in [0.29, 0.717) is 43.9 Å². The first kappa shape index (κ1) is 32.5. The summed E-state index contributed by atoms with van der Waals surface area (Å²) in [4.78, 5) is 15.6. The number of phenols is 1. The number of pyridine rings is 1. The molecule has 3 aromatic carbocycles. The summed E-state index contributed by atoms with van der Waals surface area (Å²) >= 11 is 0. The molecule has 14 heteroatoms. The fraction of sp³-hybridized carbons (Fsp3) is 0.361. The van der Waals surface area contributed by atoms with E-state index < -0.39 is 40.4 Å². The highest BCUT2D eigenvalue weighted by Crippen LogP contribution is 2.49. The minimum atomic E-state index is -1.51. The summed E-state index contributed by atoms with van der Waals surface area (Å²) in [5.74, 6) is -7.24. The number of hydrogen-bond acceptors (Lipinski definition) is 8. The monoisotopic (exact) mass is 694 g/mol. The summed E-state index contributed by atoms with van der Waals surface area (Å²) < 4.78 is 94.6. The second kappa shape index (κ2) is 12.6. The maximum absolute atomic E-state index is 16.7. The first-order valence-electron chi connectivity index (χ1n) is 16.7. The van der Waals surface area contributed by atoms with Gasteiger partial charge in [0.1, 0.15) is 23.6 Å². The van der Waals surface area contributed by atoms with Crippen molar-refractivity contribution in [2.75, 3.05) is 31.3 Å². The van der Waals surface area contributed by atoms with Crippen molar-refractivity contribution >= 4 is 27.5 Å². The molecule has 0 radical (unpaired) electrons. The zero-order chi connectivity index (χ0) is 34.7. The molecule has 3 aliphatic rings. The van der Waals surface area contributed by atoms with Crippen LogP contribution in [-0.4, -0.2) is 56.7 Å². The molecule has 0 amide bonds. The Morgan fingerprint density at radius 1 is 0.860 bits per heavy atom. The lowest BCUT2D eigenvalue weighted by molar-refractivity contribution is 0.0843. The van der Waals surface area contributed by atoms with Gasteiger partial charge in [-0.05, 0) is 86.4 Å². The van der Waals surface area contributed by atoms with Gasteiger partial charge in [0, 0.05) is 36.3 Å². The fourth-order valence-corrected chi connectivity index (χ4v) is 7.91. The van der Waals surface area contributed by atoms with E-state index in [1.807, 2.05) is 0 Å². The van der Waals surface area contributed by atoms with Gasteiger partial charge in [-0.1, -0.05) is 12.5 Å². The standard InChI is InChI=1S/C36H32F6N6O2/c37-24-6-5-19-13-21(49)16-22(28(19)30(24)41)32-31(42)33-23(17-43-32)34(48-12-3-1-2-10-44-48)46-35(45-33)50-18-36-8-4-11-47(36)27(7-9-36)20-14-25(38)29(40)26(39)15-20/h5-6,13-17,27,44,49H,1-4,7-12,18H2. The maximum Gasteiger partial charge on any atom is 0.319 e. The van der Waals surface area contributed by atoms with E-state index in [1.165, 1.54) is 18.3 Å². The maximum atomic E-state index is 16.7. The molecule has 3 fully saturated rings. The van der Waals surface area contributed by atoms with Crippen molar-refractivity contribution in [1.29, 1.82) is 0 Å². The summed E-state index contributed by atoms with van der Waals surface area (Å²) in [6.45, 7) is 1.94. The molecule has 0 saturated carbocycles. The van der Waals surface area contributed by atoms with Crippen LogP contribution in [0.15, 0.2) is 42.6 Å². The molecule has 2 N–H and O–H groups in total. The molecule has 0 bridgehead atoms. The number of halogens is 6. The number of nitrogens with zero attached hydrogens (tertiary/aromatic N) is 5. The average molecular weight is 695 g/mol. The summed E-state index contributed by atoms with van der Waals surface area (Å²) in [6, 6.07) is 6.18. The number of hydrazine groups is 1. The first-order valence-corrected chi connectivity index (χ1v) is 16.7. The van der Waals surface area contributed by atoms with E-state index >= 15 is 8.78 Å². The molecule has 0 spiro atoms.